The minimum absolute atomic E-state index is 0.000329. The van der Waals surface area contributed by atoms with E-state index in [0.29, 0.717) is 18.4 Å². The molecule has 0 bridgehead atoms. The first-order valence-electron chi connectivity index (χ1n) is 13.2. The van der Waals surface area contributed by atoms with Gasteiger partial charge in [0.2, 0.25) is 16.6 Å². The van der Waals surface area contributed by atoms with Crippen molar-refractivity contribution >= 4 is 26.8 Å². The second-order valence-electron chi connectivity index (χ2n) is 10.3. The first-order chi connectivity index (χ1) is 17.3. The molecule has 0 radical (unpaired) electrons. The van der Waals surface area contributed by atoms with E-state index in [-0.39, 0.29) is 17.1 Å². The fraction of sp³-hybridized carbons (Fsp3) is 0.565. The van der Waals surface area contributed by atoms with E-state index in [2.05, 4.69) is 4.18 Å². The summed E-state index contributed by atoms with van der Waals surface area (Å²) in [6.45, 7) is 9.14. The van der Waals surface area contributed by atoms with Crippen molar-refractivity contribution < 1.29 is 41.5 Å². The molecule has 34 heavy (non-hydrogen) atoms. The minimum atomic E-state index is -6.00. The van der Waals surface area contributed by atoms with E-state index in [4.69, 9.17) is 15.7 Å². The van der Waals surface area contributed by atoms with Gasteiger partial charge in [-0.2, -0.15) is 21.6 Å². The van der Waals surface area contributed by atoms with Gasteiger partial charge in [0.05, 0.1) is 2.74 Å². The Balaban J connectivity index is 2.97. The molecule has 5 nitrogen and oxygen atoms in total. The Morgan fingerprint density at radius 1 is 1.12 bits per heavy atom. The van der Waals surface area contributed by atoms with Crippen molar-refractivity contribution in [1.29, 1.82) is 0 Å². The maximum absolute atomic E-state index is 13.1. The average Bonchev–Trinajstić information content (AvgIpc) is 2.64. The lowest BCUT2D eigenvalue weighted by atomic mass is 9.74. The highest BCUT2D eigenvalue weighted by Gasteiger charge is 2.49. The van der Waals surface area contributed by atoms with Crippen molar-refractivity contribution in [3.05, 3.63) is 41.4 Å². The van der Waals surface area contributed by atoms with Gasteiger partial charge in [-0.25, -0.2) is 0 Å². The number of rotatable bonds is 8. The molecule has 0 amide bonds. The summed E-state index contributed by atoms with van der Waals surface area (Å²) < 4.78 is 120. The zero-order chi connectivity index (χ0) is 30.4. The first kappa shape index (κ1) is 21.5. The quantitative estimate of drug-likeness (QED) is 0.149. The van der Waals surface area contributed by atoms with Crippen LogP contribution < -0.4 is 13.0 Å². The van der Waals surface area contributed by atoms with Crippen molar-refractivity contribution in [3.8, 4) is 17.2 Å². The predicted molar refractivity (Wildman–Crippen MR) is 134 cm³/mol. The van der Waals surface area contributed by atoms with Gasteiger partial charge in [0.1, 0.15) is 17.2 Å². The van der Waals surface area contributed by atoms with Crippen LogP contribution in [0.25, 0.3) is 0 Å². The Hall–Kier alpha value is -1.73. The van der Waals surface area contributed by atoms with Gasteiger partial charge < -0.3 is 13.0 Å². The van der Waals surface area contributed by atoms with Crippen molar-refractivity contribution in [3.63, 3.8) is 0 Å². The van der Waals surface area contributed by atoms with Gasteiger partial charge >= 0.3 is 15.6 Å². The lowest BCUT2D eigenvalue weighted by Crippen LogP contribution is -2.33. The zero-order valence-electron chi connectivity index (χ0n) is 25.4. The van der Waals surface area contributed by atoms with Crippen LogP contribution in [-0.4, -0.2) is 30.6 Å². The molecule has 1 aliphatic carbocycles. The van der Waals surface area contributed by atoms with Crippen molar-refractivity contribution in [1.82, 2.24) is 0 Å². The molecule has 2 atom stereocenters. The topological polar surface area (TPSA) is 61.8 Å². The van der Waals surface area contributed by atoms with Gasteiger partial charge in [-0.15, -0.1) is 0 Å². The summed E-state index contributed by atoms with van der Waals surface area (Å²) in [5.41, 5.74) is -4.81. The molecule has 0 unspecified atom stereocenters. The highest BCUT2D eigenvalue weighted by atomic mass is 32.2. The van der Waals surface area contributed by atoms with E-state index in [1.165, 1.54) is 0 Å². The largest absolute Gasteiger partial charge is 0.544 e. The molecule has 2 rings (SSSR count). The number of benzene rings is 1. The monoisotopic (exact) mass is 541 g/mol. The van der Waals surface area contributed by atoms with Crippen molar-refractivity contribution in [2.24, 2.45) is 5.92 Å². The fourth-order valence-electron chi connectivity index (χ4n) is 3.63. The molecule has 0 aromatic heterocycles. The molecule has 1 aliphatic rings. The van der Waals surface area contributed by atoms with Crippen LogP contribution in [0.1, 0.15) is 45.0 Å². The molecule has 0 fully saturated rings. The summed E-state index contributed by atoms with van der Waals surface area (Å²) in [6.07, 6.45) is 2.59. The Labute approximate surface area is 210 Å². The fourth-order valence-corrected chi connectivity index (χ4v) is 5.73. The number of hydrogen-bond donors (Lipinski definition) is 0. The third kappa shape index (κ3) is 7.38. The standard InChI is InChI=1S/C23H35F3O5SSi2/c1-15(2)18-11-10-16(3)12-19(18)22-20(30-33(4,5)6)13-17(14-21(22)31-34(7,8)9)29-32(27,28)23(24,25)26/h12-14,18-19H,1,10-11H2,2-9H3/t18-,19+/m0/s1/i1D2,2D3. The Morgan fingerprint density at radius 2 is 1.65 bits per heavy atom. The lowest BCUT2D eigenvalue weighted by molar-refractivity contribution is -0.0500. The Bertz CT molecular complexity index is 1210. The maximum atomic E-state index is 13.1. The molecule has 0 saturated carbocycles. The first-order valence-corrected chi connectivity index (χ1v) is 19.0. The second kappa shape index (κ2) is 9.73. The molecule has 192 valence electrons. The van der Waals surface area contributed by atoms with Crippen molar-refractivity contribution in [2.45, 2.75) is 77.3 Å². The van der Waals surface area contributed by atoms with Gasteiger partial charge in [0.15, 0.2) is 0 Å². The SMILES string of the molecule is [2H]C([2H])=C([C@@H]1CCC(C)=C[C@H]1c1c(O[Si](C)(C)C)cc(OS(=O)(=O)C(F)(F)F)cc1O[Si](C)(C)C)C([2H])([2H])[2H]. The van der Waals surface area contributed by atoms with Crippen LogP contribution in [0.5, 0.6) is 17.2 Å². The predicted octanol–water partition coefficient (Wildman–Crippen LogP) is 7.36. The summed E-state index contributed by atoms with van der Waals surface area (Å²) in [5.74, 6) is -2.30. The highest BCUT2D eigenvalue weighted by Crippen LogP contribution is 2.49. The molecule has 0 aliphatic heterocycles. The van der Waals surface area contributed by atoms with E-state index in [0.717, 1.165) is 17.7 Å². The molecule has 1 aromatic carbocycles. The van der Waals surface area contributed by atoms with Gasteiger partial charge in [-0.1, -0.05) is 23.8 Å². The van der Waals surface area contributed by atoms with Crippen LogP contribution in [0.2, 0.25) is 39.3 Å². The minimum Gasteiger partial charge on any atom is -0.544 e. The smallest absolute Gasteiger partial charge is 0.534 e. The molecule has 11 heteroatoms. The molecule has 0 spiro atoms. The molecule has 1 aromatic rings. The lowest BCUT2D eigenvalue weighted by Gasteiger charge is -2.35. The summed E-state index contributed by atoms with van der Waals surface area (Å²) in [6, 6.07) is 2.09. The summed E-state index contributed by atoms with van der Waals surface area (Å²) in [5, 5.41) is 0. The van der Waals surface area contributed by atoms with E-state index in [9.17, 15) is 21.6 Å². The number of alkyl halides is 3. The van der Waals surface area contributed by atoms with Gasteiger partial charge in [0.25, 0.3) is 0 Å². The van der Waals surface area contributed by atoms with E-state index < -0.39 is 63.2 Å². The van der Waals surface area contributed by atoms with E-state index in [1.807, 2.05) is 46.2 Å². The molecular weight excluding hydrogens is 501 g/mol. The summed E-state index contributed by atoms with van der Waals surface area (Å²) >= 11 is 0. The van der Waals surface area contributed by atoms with Crippen LogP contribution in [-0.2, 0) is 10.1 Å². The molecular formula is C23H35F3O5SSi2. The zero-order valence-corrected chi connectivity index (χ0v) is 23.2. The van der Waals surface area contributed by atoms with Crippen LogP contribution in [0, 0.1) is 5.92 Å². The van der Waals surface area contributed by atoms with Crippen LogP contribution in [0.15, 0.2) is 35.9 Å². The van der Waals surface area contributed by atoms with Gasteiger partial charge in [0, 0.05) is 27.7 Å². The Morgan fingerprint density at radius 3 is 2.06 bits per heavy atom. The van der Waals surface area contributed by atoms with Gasteiger partial charge in [-0.3, -0.25) is 0 Å². The van der Waals surface area contributed by atoms with Gasteiger partial charge in [-0.05, 0) is 71.8 Å². The van der Waals surface area contributed by atoms with Crippen LogP contribution >= 0.6 is 0 Å². The molecule has 0 saturated heterocycles. The molecule has 0 N–H and O–H groups in total. The van der Waals surface area contributed by atoms with E-state index >= 15 is 0 Å². The van der Waals surface area contributed by atoms with Crippen LogP contribution in [0.3, 0.4) is 0 Å². The number of allylic oxidation sites excluding steroid dienone is 3. The second-order valence-corrected chi connectivity index (χ2v) is 20.7. The van der Waals surface area contributed by atoms with E-state index in [1.54, 1.807) is 6.08 Å². The van der Waals surface area contributed by atoms with Crippen LogP contribution in [0.4, 0.5) is 13.2 Å². The summed E-state index contributed by atoms with van der Waals surface area (Å²) in [7, 11) is -11.0. The average molecular weight is 542 g/mol. The highest BCUT2D eigenvalue weighted by molar-refractivity contribution is 7.88. The third-order valence-corrected chi connectivity index (χ3v) is 7.49. The normalized spacial score (nSPS) is 22.3. The summed E-state index contributed by atoms with van der Waals surface area (Å²) in [4.78, 5) is 0. The third-order valence-electron chi connectivity index (χ3n) is 4.85. The Kier molecular flexibility index (Phi) is 6.17. The van der Waals surface area contributed by atoms with Crippen molar-refractivity contribution in [2.75, 3.05) is 0 Å². The molecule has 0 heterocycles. The maximum Gasteiger partial charge on any atom is 0.534 e. The number of hydrogen-bond acceptors (Lipinski definition) is 5. The number of halogens is 3.